The molecule has 0 fully saturated rings. The number of thioether (sulfide) groups is 1. The number of halogens is 1. The average molecular weight is 601 g/mol. The van der Waals surface area contributed by atoms with Crippen LogP contribution in [0.15, 0.2) is 99.5 Å². The summed E-state index contributed by atoms with van der Waals surface area (Å²) >= 11 is 7.49. The molecule has 42 heavy (non-hydrogen) atoms. The van der Waals surface area contributed by atoms with Gasteiger partial charge in [0.25, 0.3) is 11.5 Å². The van der Waals surface area contributed by atoms with E-state index in [1.807, 2.05) is 44.2 Å². The van der Waals surface area contributed by atoms with Gasteiger partial charge in [0, 0.05) is 16.3 Å². The van der Waals surface area contributed by atoms with E-state index in [0.29, 0.717) is 44.5 Å². The first-order chi connectivity index (χ1) is 20.3. The lowest BCUT2D eigenvalue weighted by atomic mass is 10.1. The highest BCUT2D eigenvalue weighted by atomic mass is 35.5. The number of carbonyl (C=O) groups is 2. The minimum absolute atomic E-state index is 0.205. The zero-order valence-electron chi connectivity index (χ0n) is 23.1. The van der Waals surface area contributed by atoms with E-state index in [-0.39, 0.29) is 30.5 Å². The Hall–Kier alpha value is -4.34. The molecule has 2 heterocycles. The van der Waals surface area contributed by atoms with Crippen LogP contribution in [-0.4, -0.2) is 26.6 Å². The Balaban J connectivity index is 1.38. The van der Waals surface area contributed by atoms with Crippen LogP contribution in [0.1, 0.15) is 40.6 Å². The van der Waals surface area contributed by atoms with Crippen molar-refractivity contribution in [3.05, 3.63) is 123 Å². The number of para-hydroxylation sites is 1. The van der Waals surface area contributed by atoms with Crippen LogP contribution in [0.5, 0.6) is 0 Å². The molecule has 1 atom stereocenters. The smallest absolute Gasteiger partial charge is 0.262 e. The Morgan fingerprint density at radius 2 is 1.83 bits per heavy atom. The first-order valence-electron chi connectivity index (χ1n) is 13.4. The van der Waals surface area contributed by atoms with Gasteiger partial charge < -0.3 is 15.1 Å². The number of anilines is 1. The molecule has 0 spiro atoms. The van der Waals surface area contributed by atoms with Crippen molar-refractivity contribution < 1.29 is 14.0 Å². The number of nitrogens with one attached hydrogen (secondary N) is 2. The summed E-state index contributed by atoms with van der Waals surface area (Å²) in [6, 6.07) is 23.1. The van der Waals surface area contributed by atoms with Gasteiger partial charge in [-0.1, -0.05) is 60.6 Å². The number of benzene rings is 3. The van der Waals surface area contributed by atoms with Gasteiger partial charge in [0.2, 0.25) is 5.91 Å². The second kappa shape index (κ2) is 13.1. The molecule has 2 aromatic heterocycles. The van der Waals surface area contributed by atoms with Crippen molar-refractivity contribution >= 4 is 51.8 Å². The molecule has 2 amide bonds. The Bertz CT molecular complexity index is 1790. The second-order valence-electron chi connectivity index (χ2n) is 9.73. The molecule has 3 aromatic carbocycles. The average Bonchev–Trinajstić information content (AvgIpc) is 3.52. The van der Waals surface area contributed by atoms with E-state index in [1.165, 1.54) is 11.8 Å². The predicted octanol–water partition coefficient (Wildman–Crippen LogP) is 6.44. The van der Waals surface area contributed by atoms with Gasteiger partial charge in [0.05, 0.1) is 35.5 Å². The summed E-state index contributed by atoms with van der Waals surface area (Å²) in [5.74, 6) is 0.224. The number of rotatable bonds is 10. The van der Waals surface area contributed by atoms with E-state index in [1.54, 1.807) is 59.4 Å². The molecule has 0 unspecified atom stereocenters. The van der Waals surface area contributed by atoms with Crippen molar-refractivity contribution in [2.45, 2.75) is 43.8 Å². The van der Waals surface area contributed by atoms with Gasteiger partial charge in [-0.15, -0.1) is 0 Å². The number of amides is 2. The Morgan fingerprint density at radius 1 is 1.05 bits per heavy atom. The van der Waals surface area contributed by atoms with Crippen LogP contribution < -0.4 is 16.2 Å². The number of hydrogen-bond acceptors (Lipinski definition) is 6. The summed E-state index contributed by atoms with van der Waals surface area (Å²) in [7, 11) is 0. The fourth-order valence-corrected chi connectivity index (χ4v) is 5.54. The van der Waals surface area contributed by atoms with Crippen LogP contribution in [0.3, 0.4) is 0 Å². The molecule has 10 heteroatoms. The normalized spacial score (nSPS) is 11.8. The molecule has 0 aliphatic rings. The maximum absolute atomic E-state index is 13.6. The molecule has 2 N–H and O–H groups in total. The molecule has 214 valence electrons. The van der Waals surface area contributed by atoms with Crippen LogP contribution in [-0.2, 0) is 17.9 Å². The minimum atomic E-state index is -0.510. The van der Waals surface area contributed by atoms with Gasteiger partial charge in [-0.2, -0.15) is 0 Å². The summed E-state index contributed by atoms with van der Waals surface area (Å²) in [4.78, 5) is 44.3. The van der Waals surface area contributed by atoms with Crippen molar-refractivity contribution in [2.75, 3.05) is 5.32 Å². The van der Waals surface area contributed by atoms with Crippen LogP contribution >= 0.6 is 23.4 Å². The number of furan rings is 1. The number of aryl methyl sites for hydroxylation is 1. The lowest BCUT2D eigenvalue weighted by molar-refractivity contribution is -0.115. The van der Waals surface area contributed by atoms with E-state index in [9.17, 15) is 14.4 Å². The van der Waals surface area contributed by atoms with E-state index < -0.39 is 5.25 Å². The van der Waals surface area contributed by atoms with Crippen molar-refractivity contribution in [3.63, 3.8) is 0 Å². The number of hydrogen-bond donors (Lipinski definition) is 2. The lowest BCUT2D eigenvalue weighted by Crippen LogP contribution is -2.28. The highest BCUT2D eigenvalue weighted by Gasteiger charge is 2.23. The Morgan fingerprint density at radius 3 is 2.55 bits per heavy atom. The van der Waals surface area contributed by atoms with Crippen LogP contribution in [0.2, 0.25) is 5.02 Å². The fraction of sp³-hybridized carbons (Fsp3) is 0.188. The molecule has 0 bridgehead atoms. The lowest BCUT2D eigenvalue weighted by Gasteiger charge is -2.18. The van der Waals surface area contributed by atoms with Gasteiger partial charge in [-0.3, -0.25) is 19.0 Å². The molecule has 5 aromatic rings. The number of nitrogens with zero attached hydrogens (tertiary/aromatic N) is 2. The Kier molecular flexibility index (Phi) is 9.09. The summed E-state index contributed by atoms with van der Waals surface area (Å²) in [5.41, 5.74) is 3.18. The third-order valence-corrected chi connectivity index (χ3v) is 8.50. The summed E-state index contributed by atoms with van der Waals surface area (Å²) < 4.78 is 6.84. The molecule has 0 saturated carbocycles. The van der Waals surface area contributed by atoms with E-state index in [4.69, 9.17) is 21.0 Å². The van der Waals surface area contributed by atoms with Crippen molar-refractivity contribution in [2.24, 2.45) is 0 Å². The third kappa shape index (κ3) is 6.75. The minimum Gasteiger partial charge on any atom is -0.467 e. The van der Waals surface area contributed by atoms with Crippen molar-refractivity contribution in [3.8, 4) is 0 Å². The molecule has 0 saturated heterocycles. The van der Waals surface area contributed by atoms with Crippen LogP contribution in [0, 0.1) is 6.92 Å². The third-order valence-electron chi connectivity index (χ3n) is 6.74. The maximum Gasteiger partial charge on any atom is 0.262 e. The highest BCUT2D eigenvalue weighted by molar-refractivity contribution is 8.00. The van der Waals surface area contributed by atoms with Crippen molar-refractivity contribution in [1.82, 2.24) is 14.9 Å². The first kappa shape index (κ1) is 29.2. The van der Waals surface area contributed by atoms with Crippen molar-refractivity contribution in [1.29, 1.82) is 0 Å². The van der Waals surface area contributed by atoms with E-state index >= 15 is 0 Å². The van der Waals surface area contributed by atoms with Gasteiger partial charge in [-0.25, -0.2) is 4.98 Å². The maximum atomic E-state index is 13.6. The molecule has 5 rings (SSSR count). The number of fused-ring (bicyclic) bond motifs is 1. The quantitative estimate of drug-likeness (QED) is 0.141. The van der Waals surface area contributed by atoms with Gasteiger partial charge in [-0.05, 0) is 73.0 Å². The topological polar surface area (TPSA) is 106 Å². The van der Waals surface area contributed by atoms with E-state index in [0.717, 1.165) is 11.1 Å². The monoisotopic (exact) mass is 600 g/mol. The van der Waals surface area contributed by atoms with Gasteiger partial charge in [0.1, 0.15) is 5.76 Å². The van der Waals surface area contributed by atoms with E-state index in [2.05, 4.69) is 10.6 Å². The second-order valence-corrected chi connectivity index (χ2v) is 11.3. The molecular weight excluding hydrogens is 572 g/mol. The Labute approximate surface area is 252 Å². The molecule has 0 aliphatic heterocycles. The standard InChI is InChI=1S/C32H29ClN4O4S/c1-3-28(30(39)35-23-15-10-20(2)26(33)17-23)42-32-36-27-9-5-4-8-25(27)31(40)37(32)19-21-11-13-22(14-12-21)29(38)34-18-24-7-6-16-41-24/h4-17,28H,3,18-19H2,1-2H3,(H,34,38)(H,35,39)/t28-/m1/s1. The summed E-state index contributed by atoms with van der Waals surface area (Å²) in [5, 5.41) is 6.74. The van der Waals surface area contributed by atoms with Crippen LogP contribution in [0.4, 0.5) is 5.69 Å². The van der Waals surface area contributed by atoms with Gasteiger partial charge >= 0.3 is 0 Å². The molecule has 8 nitrogen and oxygen atoms in total. The predicted molar refractivity (Wildman–Crippen MR) is 166 cm³/mol. The zero-order valence-corrected chi connectivity index (χ0v) is 24.7. The largest absolute Gasteiger partial charge is 0.467 e. The van der Waals surface area contributed by atoms with Crippen LogP contribution in [0.25, 0.3) is 10.9 Å². The molecule has 0 radical (unpaired) electrons. The highest BCUT2D eigenvalue weighted by Crippen LogP contribution is 2.27. The number of carbonyl (C=O) groups excluding carboxylic acids is 2. The van der Waals surface area contributed by atoms with Gasteiger partial charge in [0.15, 0.2) is 5.16 Å². The summed E-state index contributed by atoms with van der Waals surface area (Å²) in [6.45, 7) is 4.32. The first-order valence-corrected chi connectivity index (χ1v) is 14.7. The molecule has 0 aliphatic carbocycles. The molecular formula is C32H29ClN4O4S. The zero-order chi connectivity index (χ0) is 29.6. The summed E-state index contributed by atoms with van der Waals surface area (Å²) in [6.07, 6.45) is 2.07. The SMILES string of the molecule is CC[C@@H](Sc1nc2ccccc2c(=O)n1Cc1ccc(C(=O)NCc2ccco2)cc1)C(=O)Nc1ccc(C)c(Cl)c1. The number of aromatic nitrogens is 2. The fourth-order valence-electron chi connectivity index (χ4n) is 4.35.